The summed E-state index contributed by atoms with van der Waals surface area (Å²) in [5.74, 6) is -0.576. The van der Waals surface area contributed by atoms with Crippen LogP contribution < -0.4 is 21.9 Å². The number of primary amides is 1. The summed E-state index contributed by atoms with van der Waals surface area (Å²) >= 11 is 2.07. The maximum atomic E-state index is 10.8. The highest BCUT2D eigenvalue weighted by molar-refractivity contribution is 14.1. The SMILES string of the molecule is CC(I)NNC(=O)NCC(N)=O. The van der Waals surface area contributed by atoms with Gasteiger partial charge in [0.25, 0.3) is 0 Å². The van der Waals surface area contributed by atoms with Crippen LogP contribution in [0.4, 0.5) is 4.79 Å². The summed E-state index contributed by atoms with van der Waals surface area (Å²) in [5.41, 5.74) is 9.76. The van der Waals surface area contributed by atoms with Crippen molar-refractivity contribution < 1.29 is 9.59 Å². The first-order valence-corrected chi connectivity index (χ1v) is 4.48. The number of nitrogens with one attached hydrogen (secondary N) is 3. The van der Waals surface area contributed by atoms with Crippen LogP contribution in [0.1, 0.15) is 6.92 Å². The molecule has 7 heteroatoms. The summed E-state index contributed by atoms with van der Waals surface area (Å²) in [7, 11) is 0. The maximum absolute atomic E-state index is 10.8. The van der Waals surface area contributed by atoms with Crippen LogP contribution in [-0.2, 0) is 4.79 Å². The van der Waals surface area contributed by atoms with Gasteiger partial charge in [-0.05, 0) is 6.92 Å². The Labute approximate surface area is 83.7 Å². The Morgan fingerprint density at radius 3 is 2.58 bits per heavy atom. The molecular formula is C5H11IN4O2. The lowest BCUT2D eigenvalue weighted by Crippen LogP contribution is -2.48. The Hall–Kier alpha value is -0.570. The van der Waals surface area contributed by atoms with Crippen LogP contribution in [0.25, 0.3) is 0 Å². The normalized spacial score (nSPS) is 11.8. The second kappa shape index (κ2) is 6.00. The van der Waals surface area contributed by atoms with E-state index in [0.717, 1.165) is 0 Å². The highest BCUT2D eigenvalue weighted by Crippen LogP contribution is 1.88. The van der Waals surface area contributed by atoms with Crippen molar-refractivity contribution in [2.24, 2.45) is 5.73 Å². The highest BCUT2D eigenvalue weighted by atomic mass is 127. The molecule has 12 heavy (non-hydrogen) atoms. The summed E-state index contributed by atoms with van der Waals surface area (Å²) in [6.45, 7) is 1.69. The van der Waals surface area contributed by atoms with E-state index in [1.165, 1.54) is 0 Å². The predicted molar refractivity (Wildman–Crippen MR) is 52.3 cm³/mol. The number of hydrogen-bond acceptors (Lipinski definition) is 3. The quantitative estimate of drug-likeness (QED) is 0.232. The molecule has 0 heterocycles. The van der Waals surface area contributed by atoms with Crippen molar-refractivity contribution in [3.63, 3.8) is 0 Å². The lowest BCUT2D eigenvalue weighted by atomic mass is 10.6. The molecule has 0 aliphatic carbocycles. The third kappa shape index (κ3) is 7.54. The Bertz CT molecular complexity index is 173. The van der Waals surface area contributed by atoms with Gasteiger partial charge in [-0.3, -0.25) is 10.2 Å². The lowest BCUT2D eigenvalue weighted by Gasteiger charge is -2.08. The van der Waals surface area contributed by atoms with Gasteiger partial charge in [-0.1, -0.05) is 22.6 Å². The molecular weight excluding hydrogens is 275 g/mol. The van der Waals surface area contributed by atoms with Crippen LogP contribution in [0.3, 0.4) is 0 Å². The minimum Gasteiger partial charge on any atom is -0.368 e. The fourth-order valence-electron chi connectivity index (χ4n) is 0.377. The third-order valence-corrected chi connectivity index (χ3v) is 1.12. The standard InChI is InChI=1S/C5H11IN4O2/c1-3(6)9-10-5(12)8-2-4(7)11/h3,9H,2H2,1H3,(H2,7,11)(H2,8,10,12). The fourth-order valence-corrected chi connectivity index (χ4v) is 0.532. The third-order valence-electron chi connectivity index (χ3n) is 0.808. The van der Waals surface area contributed by atoms with Crippen LogP contribution in [0.5, 0.6) is 0 Å². The number of carbonyl (C=O) groups excluding carboxylic acids is 2. The van der Waals surface area contributed by atoms with Crippen molar-refractivity contribution in [2.45, 2.75) is 11.0 Å². The van der Waals surface area contributed by atoms with Gasteiger partial charge in [-0.25, -0.2) is 10.2 Å². The number of nitrogens with two attached hydrogens (primary N) is 1. The topological polar surface area (TPSA) is 96.2 Å². The number of amides is 3. The first-order valence-electron chi connectivity index (χ1n) is 3.24. The van der Waals surface area contributed by atoms with Crippen molar-refractivity contribution >= 4 is 34.5 Å². The molecule has 1 atom stereocenters. The van der Waals surface area contributed by atoms with E-state index in [2.05, 4.69) is 38.8 Å². The van der Waals surface area contributed by atoms with Crippen molar-refractivity contribution in [1.29, 1.82) is 0 Å². The van der Waals surface area contributed by atoms with E-state index in [9.17, 15) is 9.59 Å². The largest absolute Gasteiger partial charge is 0.368 e. The van der Waals surface area contributed by atoms with Crippen LogP contribution >= 0.6 is 22.6 Å². The number of hydrogen-bond donors (Lipinski definition) is 4. The number of urea groups is 1. The maximum Gasteiger partial charge on any atom is 0.329 e. The van der Waals surface area contributed by atoms with Gasteiger partial charge in [0.05, 0.1) is 10.6 Å². The molecule has 6 nitrogen and oxygen atoms in total. The summed E-state index contributed by atoms with van der Waals surface area (Å²) in [6, 6.07) is -0.475. The first kappa shape index (κ1) is 11.4. The summed E-state index contributed by atoms with van der Waals surface area (Å²) in [6.07, 6.45) is 0. The van der Waals surface area contributed by atoms with Crippen LogP contribution in [0.2, 0.25) is 0 Å². The zero-order valence-electron chi connectivity index (χ0n) is 6.56. The van der Waals surface area contributed by atoms with Crippen molar-refractivity contribution in [1.82, 2.24) is 16.2 Å². The molecule has 0 rings (SSSR count). The number of alkyl halides is 1. The van der Waals surface area contributed by atoms with E-state index in [4.69, 9.17) is 5.73 Å². The van der Waals surface area contributed by atoms with E-state index in [1.807, 2.05) is 6.92 Å². The van der Waals surface area contributed by atoms with Gasteiger partial charge in [0.2, 0.25) is 5.91 Å². The minimum absolute atomic E-state index is 0.113. The molecule has 0 aliphatic heterocycles. The molecule has 0 bridgehead atoms. The number of rotatable bonds is 4. The zero-order valence-corrected chi connectivity index (χ0v) is 8.71. The summed E-state index contributed by atoms with van der Waals surface area (Å²) in [5, 5.41) is 2.25. The van der Waals surface area contributed by atoms with Crippen LogP contribution in [0, 0.1) is 0 Å². The van der Waals surface area contributed by atoms with E-state index < -0.39 is 11.9 Å². The molecule has 0 aliphatic rings. The van der Waals surface area contributed by atoms with Crippen LogP contribution in [0.15, 0.2) is 0 Å². The molecule has 1 unspecified atom stereocenters. The van der Waals surface area contributed by atoms with Crippen molar-refractivity contribution in [3.05, 3.63) is 0 Å². The minimum atomic E-state index is -0.576. The van der Waals surface area contributed by atoms with Crippen molar-refractivity contribution in [2.75, 3.05) is 6.54 Å². The zero-order chi connectivity index (χ0) is 9.56. The number of hydrazine groups is 1. The van der Waals surface area contributed by atoms with E-state index in [0.29, 0.717) is 0 Å². The Balaban J connectivity index is 3.40. The number of carbonyl (C=O) groups is 2. The second-order valence-electron chi connectivity index (χ2n) is 2.03. The average Bonchev–Trinajstić information content (AvgIpc) is 1.96. The second-order valence-corrected chi connectivity index (χ2v) is 3.90. The van der Waals surface area contributed by atoms with E-state index in [1.54, 1.807) is 0 Å². The lowest BCUT2D eigenvalue weighted by molar-refractivity contribution is -0.117. The molecule has 0 radical (unpaired) electrons. The first-order chi connectivity index (χ1) is 5.52. The molecule has 0 saturated heterocycles. The van der Waals surface area contributed by atoms with Gasteiger partial charge < -0.3 is 11.1 Å². The summed E-state index contributed by atoms with van der Waals surface area (Å²) < 4.78 is 0.113. The van der Waals surface area contributed by atoms with Crippen molar-refractivity contribution in [3.8, 4) is 0 Å². The van der Waals surface area contributed by atoms with E-state index >= 15 is 0 Å². The number of halogens is 1. The molecule has 3 amide bonds. The van der Waals surface area contributed by atoms with Crippen LogP contribution in [-0.4, -0.2) is 22.5 Å². The fraction of sp³-hybridized carbons (Fsp3) is 0.600. The Morgan fingerprint density at radius 2 is 2.17 bits per heavy atom. The Morgan fingerprint density at radius 1 is 1.58 bits per heavy atom. The molecule has 0 spiro atoms. The molecule has 0 aromatic rings. The molecule has 70 valence electrons. The molecule has 5 N–H and O–H groups in total. The highest BCUT2D eigenvalue weighted by Gasteiger charge is 2.01. The Kier molecular flexibility index (Phi) is 5.72. The van der Waals surface area contributed by atoms with Gasteiger partial charge in [0.15, 0.2) is 0 Å². The molecule has 0 aromatic heterocycles. The van der Waals surface area contributed by atoms with E-state index in [-0.39, 0.29) is 10.6 Å². The van der Waals surface area contributed by atoms with Gasteiger partial charge in [-0.2, -0.15) is 0 Å². The van der Waals surface area contributed by atoms with Gasteiger partial charge in [0.1, 0.15) is 0 Å². The molecule has 0 fully saturated rings. The summed E-state index contributed by atoms with van der Waals surface area (Å²) in [4.78, 5) is 21.0. The predicted octanol–water partition coefficient (Wildman–Crippen LogP) is -0.943. The monoisotopic (exact) mass is 286 g/mol. The smallest absolute Gasteiger partial charge is 0.329 e. The van der Waals surface area contributed by atoms with Gasteiger partial charge in [0, 0.05) is 0 Å². The molecule has 0 aromatic carbocycles. The average molecular weight is 286 g/mol. The van der Waals surface area contributed by atoms with Gasteiger partial charge in [-0.15, -0.1) is 0 Å². The van der Waals surface area contributed by atoms with Gasteiger partial charge >= 0.3 is 6.03 Å². The molecule has 0 saturated carbocycles.